The van der Waals surface area contributed by atoms with Crippen LogP contribution < -0.4 is 0 Å². The summed E-state index contributed by atoms with van der Waals surface area (Å²) < 4.78 is 1.86. The van der Waals surface area contributed by atoms with Gasteiger partial charge in [0.05, 0.1) is 10.5 Å². The highest BCUT2D eigenvalue weighted by atomic mass is 35.5. The van der Waals surface area contributed by atoms with E-state index >= 15 is 0 Å². The Kier molecular flexibility index (Phi) is 1.81. The van der Waals surface area contributed by atoms with Crippen LogP contribution in [0, 0.1) is 13.8 Å². The van der Waals surface area contributed by atoms with Crippen LogP contribution in [0.25, 0.3) is 10.9 Å². The summed E-state index contributed by atoms with van der Waals surface area (Å²) in [4.78, 5) is 0. The van der Waals surface area contributed by atoms with Gasteiger partial charge in [0, 0.05) is 18.1 Å². The van der Waals surface area contributed by atoms with Crippen LogP contribution in [-0.4, -0.2) is 9.78 Å². The zero-order chi connectivity index (χ0) is 9.59. The average Bonchev–Trinajstić information content (AvgIpc) is 2.37. The fraction of sp³-hybridized carbons (Fsp3) is 0.300. The van der Waals surface area contributed by atoms with Gasteiger partial charge < -0.3 is 0 Å². The van der Waals surface area contributed by atoms with Gasteiger partial charge in [0.15, 0.2) is 0 Å². The number of aromatic nitrogens is 2. The lowest BCUT2D eigenvalue weighted by atomic mass is 10.1. The molecule has 3 heteroatoms. The summed E-state index contributed by atoms with van der Waals surface area (Å²) >= 11 is 6.19. The number of aryl methyl sites for hydroxylation is 3. The zero-order valence-corrected chi connectivity index (χ0v) is 8.68. The molecule has 0 amide bonds. The van der Waals surface area contributed by atoms with E-state index < -0.39 is 0 Å². The fourth-order valence-electron chi connectivity index (χ4n) is 1.50. The first-order chi connectivity index (χ1) is 6.11. The minimum atomic E-state index is 0.822. The Hall–Kier alpha value is -1.02. The van der Waals surface area contributed by atoms with Crippen molar-refractivity contribution in [2.45, 2.75) is 13.8 Å². The fourth-order valence-corrected chi connectivity index (χ4v) is 1.79. The minimum Gasteiger partial charge on any atom is -0.272 e. The molecular formula is C10H11ClN2. The average molecular weight is 195 g/mol. The molecule has 0 saturated heterocycles. The quantitative estimate of drug-likeness (QED) is 0.631. The lowest BCUT2D eigenvalue weighted by molar-refractivity contribution is 0.751. The Morgan fingerprint density at radius 3 is 2.69 bits per heavy atom. The van der Waals surface area contributed by atoms with Crippen molar-refractivity contribution in [3.05, 3.63) is 28.4 Å². The second-order valence-electron chi connectivity index (χ2n) is 3.30. The molecule has 0 aliphatic rings. The first-order valence-electron chi connectivity index (χ1n) is 4.19. The molecule has 0 N–H and O–H groups in total. The number of benzene rings is 1. The number of fused-ring (bicyclic) bond motifs is 1. The second kappa shape index (κ2) is 2.74. The van der Waals surface area contributed by atoms with E-state index in [0.717, 1.165) is 27.2 Å². The molecule has 0 aliphatic carbocycles. The molecule has 68 valence electrons. The van der Waals surface area contributed by atoms with Gasteiger partial charge in [0.1, 0.15) is 0 Å². The smallest absolute Gasteiger partial charge is 0.0941 e. The summed E-state index contributed by atoms with van der Waals surface area (Å²) in [5.41, 5.74) is 3.18. The SMILES string of the molecule is Cc1ccc2nn(C)c(C)c2c1Cl. The highest BCUT2D eigenvalue weighted by Gasteiger charge is 2.09. The normalized spacial score (nSPS) is 11.1. The van der Waals surface area contributed by atoms with Gasteiger partial charge in [0.25, 0.3) is 0 Å². The molecular weight excluding hydrogens is 184 g/mol. The number of halogens is 1. The van der Waals surface area contributed by atoms with E-state index in [2.05, 4.69) is 5.10 Å². The van der Waals surface area contributed by atoms with Crippen LogP contribution in [0.4, 0.5) is 0 Å². The summed E-state index contributed by atoms with van der Waals surface area (Å²) in [5, 5.41) is 6.24. The third-order valence-corrected chi connectivity index (χ3v) is 2.91. The maximum atomic E-state index is 6.19. The molecule has 0 fully saturated rings. The lowest BCUT2D eigenvalue weighted by Crippen LogP contribution is -1.91. The molecule has 1 aromatic heterocycles. The Labute approximate surface area is 82.1 Å². The number of hydrogen-bond donors (Lipinski definition) is 0. The Balaban J connectivity index is 2.97. The van der Waals surface area contributed by atoms with E-state index in [0.29, 0.717) is 0 Å². The van der Waals surface area contributed by atoms with E-state index in [1.54, 1.807) is 0 Å². The monoisotopic (exact) mass is 194 g/mol. The van der Waals surface area contributed by atoms with Crippen LogP contribution in [0.15, 0.2) is 12.1 Å². The number of hydrogen-bond acceptors (Lipinski definition) is 1. The molecule has 2 aromatic rings. The predicted octanol–water partition coefficient (Wildman–Crippen LogP) is 2.84. The first kappa shape index (κ1) is 8.57. The van der Waals surface area contributed by atoms with E-state index in [9.17, 15) is 0 Å². The van der Waals surface area contributed by atoms with Gasteiger partial charge in [-0.05, 0) is 25.5 Å². The van der Waals surface area contributed by atoms with E-state index in [-0.39, 0.29) is 0 Å². The third kappa shape index (κ3) is 1.13. The third-order valence-electron chi connectivity index (χ3n) is 2.42. The van der Waals surface area contributed by atoms with Crippen LogP contribution in [0.3, 0.4) is 0 Å². The van der Waals surface area contributed by atoms with Crippen molar-refractivity contribution in [2.75, 3.05) is 0 Å². The summed E-state index contributed by atoms with van der Waals surface area (Å²) in [6.07, 6.45) is 0. The van der Waals surface area contributed by atoms with E-state index in [4.69, 9.17) is 11.6 Å². The van der Waals surface area contributed by atoms with Crippen molar-refractivity contribution < 1.29 is 0 Å². The molecule has 13 heavy (non-hydrogen) atoms. The molecule has 1 aromatic carbocycles. The van der Waals surface area contributed by atoms with E-state index in [1.807, 2.05) is 37.7 Å². The van der Waals surface area contributed by atoms with E-state index in [1.165, 1.54) is 0 Å². The molecule has 2 nitrogen and oxygen atoms in total. The summed E-state index contributed by atoms with van der Waals surface area (Å²) in [6.45, 7) is 4.04. The number of nitrogens with zero attached hydrogens (tertiary/aromatic N) is 2. The Morgan fingerprint density at radius 1 is 1.31 bits per heavy atom. The van der Waals surface area contributed by atoms with Gasteiger partial charge in [-0.1, -0.05) is 17.7 Å². The van der Waals surface area contributed by atoms with Crippen LogP contribution in [0.1, 0.15) is 11.3 Å². The Bertz CT molecular complexity index is 471. The zero-order valence-electron chi connectivity index (χ0n) is 7.93. The van der Waals surface area contributed by atoms with Crippen molar-refractivity contribution in [3.63, 3.8) is 0 Å². The molecule has 1 heterocycles. The highest BCUT2D eigenvalue weighted by molar-refractivity contribution is 6.36. The van der Waals surface area contributed by atoms with Crippen molar-refractivity contribution in [3.8, 4) is 0 Å². The van der Waals surface area contributed by atoms with Gasteiger partial charge in [-0.15, -0.1) is 0 Å². The molecule has 0 unspecified atom stereocenters. The summed E-state index contributed by atoms with van der Waals surface area (Å²) in [6, 6.07) is 4.00. The second-order valence-corrected chi connectivity index (χ2v) is 3.68. The minimum absolute atomic E-state index is 0.822. The molecule has 0 radical (unpaired) electrons. The molecule has 0 saturated carbocycles. The van der Waals surface area contributed by atoms with Crippen molar-refractivity contribution in [1.29, 1.82) is 0 Å². The van der Waals surface area contributed by atoms with Crippen LogP contribution >= 0.6 is 11.6 Å². The maximum Gasteiger partial charge on any atom is 0.0941 e. The molecule has 0 spiro atoms. The van der Waals surface area contributed by atoms with Gasteiger partial charge >= 0.3 is 0 Å². The van der Waals surface area contributed by atoms with Gasteiger partial charge in [-0.2, -0.15) is 5.10 Å². The standard InChI is InChI=1S/C10H11ClN2/c1-6-4-5-8-9(10(6)11)7(2)13(3)12-8/h4-5H,1-3H3. The first-order valence-corrected chi connectivity index (χ1v) is 4.57. The lowest BCUT2D eigenvalue weighted by Gasteiger charge is -1.98. The van der Waals surface area contributed by atoms with Gasteiger partial charge in [0.2, 0.25) is 0 Å². The largest absolute Gasteiger partial charge is 0.272 e. The predicted molar refractivity (Wildman–Crippen MR) is 55.2 cm³/mol. The number of rotatable bonds is 0. The van der Waals surface area contributed by atoms with Crippen molar-refractivity contribution in [1.82, 2.24) is 9.78 Å². The van der Waals surface area contributed by atoms with Crippen molar-refractivity contribution in [2.24, 2.45) is 7.05 Å². The van der Waals surface area contributed by atoms with Crippen LogP contribution in [0.5, 0.6) is 0 Å². The molecule has 0 atom stereocenters. The maximum absolute atomic E-state index is 6.19. The summed E-state index contributed by atoms with van der Waals surface area (Å²) in [7, 11) is 1.93. The molecule has 0 bridgehead atoms. The van der Waals surface area contributed by atoms with Crippen LogP contribution in [0.2, 0.25) is 5.02 Å². The Morgan fingerprint density at radius 2 is 2.00 bits per heavy atom. The van der Waals surface area contributed by atoms with Gasteiger partial charge in [-0.3, -0.25) is 4.68 Å². The topological polar surface area (TPSA) is 17.8 Å². The highest BCUT2D eigenvalue weighted by Crippen LogP contribution is 2.28. The summed E-state index contributed by atoms with van der Waals surface area (Å²) in [5.74, 6) is 0. The molecule has 2 rings (SSSR count). The molecule has 0 aliphatic heterocycles. The van der Waals surface area contributed by atoms with Gasteiger partial charge in [-0.25, -0.2) is 0 Å². The van der Waals surface area contributed by atoms with Crippen LogP contribution in [-0.2, 0) is 7.05 Å². The van der Waals surface area contributed by atoms with Crippen molar-refractivity contribution >= 4 is 22.5 Å².